The maximum absolute atomic E-state index is 3.44. The minimum absolute atomic E-state index is 1.10. The first-order valence-corrected chi connectivity index (χ1v) is 6.38. The fourth-order valence-electron chi connectivity index (χ4n) is 1.89. The summed E-state index contributed by atoms with van der Waals surface area (Å²) in [6, 6.07) is 16.8. The quantitative estimate of drug-likeness (QED) is 0.901. The summed E-state index contributed by atoms with van der Waals surface area (Å²) in [5.41, 5.74) is 4.58. The Balaban J connectivity index is 2.21. The molecule has 0 aliphatic heterocycles. The van der Waals surface area contributed by atoms with Crippen LogP contribution in [0.2, 0.25) is 0 Å². The summed E-state index contributed by atoms with van der Waals surface area (Å²) in [7, 11) is 8.19. The van der Waals surface area contributed by atoms with E-state index in [0.717, 1.165) is 11.4 Å². The summed E-state index contributed by atoms with van der Waals surface area (Å²) in [5, 5.41) is 3.44. The van der Waals surface area contributed by atoms with E-state index in [9.17, 15) is 0 Å². The van der Waals surface area contributed by atoms with E-state index < -0.39 is 0 Å². The number of anilines is 4. The van der Waals surface area contributed by atoms with Crippen molar-refractivity contribution < 1.29 is 0 Å². The van der Waals surface area contributed by atoms with Crippen LogP contribution in [0.25, 0.3) is 0 Å². The molecule has 2 aromatic carbocycles. The number of hydrogen-bond donors (Lipinski definition) is 1. The lowest BCUT2D eigenvalue weighted by atomic mass is 10.2. The molecule has 0 fully saturated rings. The molecular weight excluding hydrogens is 234 g/mol. The number of nitrogens with zero attached hydrogens (tertiary/aromatic N) is 2. The first-order valence-electron chi connectivity index (χ1n) is 6.38. The van der Waals surface area contributed by atoms with Crippen molar-refractivity contribution in [1.82, 2.24) is 0 Å². The highest BCUT2D eigenvalue weighted by molar-refractivity contribution is 5.67. The van der Waals surface area contributed by atoms with Crippen LogP contribution >= 0.6 is 0 Å². The normalized spacial score (nSPS) is 10.1. The summed E-state index contributed by atoms with van der Waals surface area (Å²) in [4.78, 5) is 4.20. The molecule has 0 aromatic heterocycles. The molecule has 0 amide bonds. The Hall–Kier alpha value is -2.16. The van der Waals surface area contributed by atoms with Crippen molar-refractivity contribution in [2.75, 3.05) is 43.3 Å². The molecule has 3 heteroatoms. The van der Waals surface area contributed by atoms with Gasteiger partial charge in [-0.1, -0.05) is 12.1 Å². The summed E-state index contributed by atoms with van der Waals surface area (Å²) < 4.78 is 0. The molecule has 0 bridgehead atoms. The first kappa shape index (κ1) is 13.3. The summed E-state index contributed by atoms with van der Waals surface area (Å²) >= 11 is 0. The predicted molar refractivity (Wildman–Crippen MR) is 84.8 cm³/mol. The molecule has 0 aliphatic rings. The second kappa shape index (κ2) is 5.65. The molecule has 0 saturated heterocycles. The van der Waals surface area contributed by atoms with Crippen LogP contribution in [0.4, 0.5) is 22.7 Å². The molecule has 1 N–H and O–H groups in total. The van der Waals surface area contributed by atoms with Crippen LogP contribution in [0, 0.1) is 0 Å². The minimum atomic E-state index is 1.10. The fourth-order valence-corrected chi connectivity index (χ4v) is 1.89. The van der Waals surface area contributed by atoms with Gasteiger partial charge in [-0.2, -0.15) is 0 Å². The highest BCUT2D eigenvalue weighted by Gasteiger charge is 2.00. The van der Waals surface area contributed by atoms with E-state index in [1.54, 1.807) is 0 Å². The lowest BCUT2D eigenvalue weighted by Gasteiger charge is -2.16. The molecule has 0 atom stereocenters. The van der Waals surface area contributed by atoms with Gasteiger partial charge in [0, 0.05) is 50.9 Å². The van der Waals surface area contributed by atoms with Gasteiger partial charge in [0.15, 0.2) is 0 Å². The molecule has 19 heavy (non-hydrogen) atoms. The molecule has 3 nitrogen and oxygen atoms in total. The maximum Gasteiger partial charge on any atom is 0.0405 e. The van der Waals surface area contributed by atoms with Gasteiger partial charge < -0.3 is 15.1 Å². The summed E-state index contributed by atoms with van der Waals surface area (Å²) in [6.45, 7) is 0. The van der Waals surface area contributed by atoms with Gasteiger partial charge in [0.05, 0.1) is 0 Å². The Bertz CT molecular complexity index is 498. The molecule has 2 rings (SSSR count). The van der Waals surface area contributed by atoms with E-state index in [0.29, 0.717) is 0 Å². The Morgan fingerprint density at radius 2 is 1.11 bits per heavy atom. The van der Waals surface area contributed by atoms with Gasteiger partial charge in [-0.25, -0.2) is 0 Å². The summed E-state index contributed by atoms with van der Waals surface area (Å²) in [6.07, 6.45) is 0. The highest BCUT2D eigenvalue weighted by atomic mass is 15.1. The number of benzene rings is 2. The second-order valence-corrected chi connectivity index (χ2v) is 5.01. The van der Waals surface area contributed by atoms with Crippen molar-refractivity contribution in [1.29, 1.82) is 0 Å². The lowest BCUT2D eigenvalue weighted by molar-refractivity contribution is 1.13. The van der Waals surface area contributed by atoms with Crippen LogP contribution in [0.5, 0.6) is 0 Å². The summed E-state index contributed by atoms with van der Waals surface area (Å²) in [5.74, 6) is 0. The van der Waals surface area contributed by atoms with Crippen molar-refractivity contribution in [3.8, 4) is 0 Å². The second-order valence-electron chi connectivity index (χ2n) is 5.01. The number of nitrogens with one attached hydrogen (secondary N) is 1. The third-order valence-electron chi connectivity index (χ3n) is 3.01. The molecule has 0 spiro atoms. The van der Waals surface area contributed by atoms with Gasteiger partial charge in [-0.15, -0.1) is 0 Å². The van der Waals surface area contributed by atoms with Gasteiger partial charge in [-0.05, 0) is 36.4 Å². The standard InChI is InChI=1S/C16H21N3/c1-18(2)15-9-5-7-13(11-15)17-14-8-6-10-16(12-14)19(3)4/h5-12,17H,1-4H3. The topological polar surface area (TPSA) is 18.5 Å². The van der Waals surface area contributed by atoms with E-state index in [4.69, 9.17) is 0 Å². The van der Waals surface area contributed by atoms with Crippen molar-refractivity contribution in [2.45, 2.75) is 0 Å². The third-order valence-corrected chi connectivity index (χ3v) is 3.01. The largest absolute Gasteiger partial charge is 0.378 e. The van der Waals surface area contributed by atoms with Crippen LogP contribution in [0.1, 0.15) is 0 Å². The van der Waals surface area contributed by atoms with Crippen LogP contribution < -0.4 is 15.1 Å². The molecule has 2 aromatic rings. The lowest BCUT2D eigenvalue weighted by Crippen LogP contribution is -2.09. The average Bonchev–Trinajstić information content (AvgIpc) is 2.39. The van der Waals surface area contributed by atoms with Crippen LogP contribution in [-0.4, -0.2) is 28.2 Å². The zero-order chi connectivity index (χ0) is 13.8. The van der Waals surface area contributed by atoms with Gasteiger partial charge in [0.1, 0.15) is 0 Å². The van der Waals surface area contributed by atoms with Crippen molar-refractivity contribution in [2.24, 2.45) is 0 Å². The monoisotopic (exact) mass is 255 g/mol. The number of rotatable bonds is 4. The van der Waals surface area contributed by atoms with Crippen molar-refractivity contribution in [3.63, 3.8) is 0 Å². The predicted octanol–water partition coefficient (Wildman–Crippen LogP) is 3.56. The highest BCUT2D eigenvalue weighted by Crippen LogP contribution is 2.24. The van der Waals surface area contributed by atoms with Gasteiger partial charge in [-0.3, -0.25) is 0 Å². The number of hydrogen-bond acceptors (Lipinski definition) is 3. The maximum atomic E-state index is 3.44. The average molecular weight is 255 g/mol. The Kier molecular flexibility index (Phi) is 3.95. The van der Waals surface area contributed by atoms with Crippen LogP contribution in [-0.2, 0) is 0 Å². The Labute approximate surface area is 115 Å². The van der Waals surface area contributed by atoms with Crippen molar-refractivity contribution >= 4 is 22.7 Å². The Morgan fingerprint density at radius 1 is 0.684 bits per heavy atom. The molecule has 0 radical (unpaired) electrons. The molecule has 0 saturated carbocycles. The fraction of sp³-hybridized carbons (Fsp3) is 0.250. The van der Waals surface area contributed by atoms with Gasteiger partial charge >= 0.3 is 0 Å². The third kappa shape index (κ3) is 3.41. The molecule has 100 valence electrons. The Morgan fingerprint density at radius 3 is 1.47 bits per heavy atom. The van der Waals surface area contributed by atoms with Crippen molar-refractivity contribution in [3.05, 3.63) is 48.5 Å². The van der Waals surface area contributed by atoms with E-state index in [2.05, 4.69) is 63.6 Å². The molecule has 0 aliphatic carbocycles. The van der Waals surface area contributed by atoms with Crippen LogP contribution in [0.15, 0.2) is 48.5 Å². The minimum Gasteiger partial charge on any atom is -0.378 e. The molecule has 0 unspecified atom stereocenters. The molecule has 0 heterocycles. The SMILES string of the molecule is CN(C)c1cccc(Nc2cccc(N(C)C)c2)c1. The van der Waals surface area contributed by atoms with Gasteiger partial charge in [0.25, 0.3) is 0 Å². The van der Waals surface area contributed by atoms with Crippen LogP contribution in [0.3, 0.4) is 0 Å². The van der Waals surface area contributed by atoms with Gasteiger partial charge in [0.2, 0.25) is 0 Å². The zero-order valence-electron chi connectivity index (χ0n) is 12.0. The van der Waals surface area contributed by atoms with E-state index in [-0.39, 0.29) is 0 Å². The first-order chi connectivity index (χ1) is 9.06. The molecular formula is C16H21N3. The van der Waals surface area contributed by atoms with E-state index in [1.807, 2.05) is 28.2 Å². The zero-order valence-corrected chi connectivity index (χ0v) is 12.0. The van der Waals surface area contributed by atoms with E-state index in [1.165, 1.54) is 11.4 Å². The van der Waals surface area contributed by atoms with E-state index >= 15 is 0 Å². The smallest absolute Gasteiger partial charge is 0.0405 e.